The number of aromatic nitrogens is 2. The van der Waals surface area contributed by atoms with Crippen LogP contribution < -0.4 is 10.6 Å². The Bertz CT molecular complexity index is 910. The van der Waals surface area contributed by atoms with Gasteiger partial charge in [-0.1, -0.05) is 36.3 Å². The van der Waals surface area contributed by atoms with E-state index in [1.807, 2.05) is 29.6 Å². The number of fused-ring (bicyclic) bond motifs is 1. The molecule has 1 aliphatic carbocycles. The van der Waals surface area contributed by atoms with Gasteiger partial charge in [-0.15, -0.1) is 11.3 Å². The maximum Gasteiger partial charge on any atom is 0.232 e. The van der Waals surface area contributed by atoms with E-state index >= 15 is 0 Å². The SMILES string of the molecule is O=C(Cc1csc(NC(=O)C2CCCC2)n1)Nc1nc2ccccc2s1. The van der Waals surface area contributed by atoms with E-state index < -0.39 is 0 Å². The van der Waals surface area contributed by atoms with Crippen molar-refractivity contribution in [3.05, 3.63) is 35.3 Å². The molecule has 1 saturated carbocycles. The van der Waals surface area contributed by atoms with Gasteiger partial charge in [-0.2, -0.15) is 0 Å². The molecule has 0 radical (unpaired) electrons. The molecule has 2 N–H and O–H groups in total. The molecule has 1 aliphatic rings. The molecule has 134 valence electrons. The van der Waals surface area contributed by atoms with Crippen LogP contribution in [0.4, 0.5) is 10.3 Å². The molecule has 3 aromatic rings. The first-order valence-electron chi connectivity index (χ1n) is 8.58. The summed E-state index contributed by atoms with van der Waals surface area (Å²) in [5.41, 5.74) is 1.52. The fraction of sp³-hybridized carbons (Fsp3) is 0.333. The Morgan fingerprint density at radius 2 is 1.88 bits per heavy atom. The van der Waals surface area contributed by atoms with Crippen LogP contribution in [0.15, 0.2) is 29.6 Å². The van der Waals surface area contributed by atoms with Crippen molar-refractivity contribution < 1.29 is 9.59 Å². The molecule has 1 aromatic carbocycles. The zero-order valence-corrected chi connectivity index (χ0v) is 15.7. The molecule has 8 heteroatoms. The summed E-state index contributed by atoms with van der Waals surface area (Å²) in [6, 6.07) is 7.76. The Morgan fingerprint density at radius 3 is 2.69 bits per heavy atom. The number of hydrogen-bond acceptors (Lipinski definition) is 6. The molecule has 0 unspecified atom stereocenters. The van der Waals surface area contributed by atoms with Crippen molar-refractivity contribution in [2.24, 2.45) is 5.92 Å². The number of nitrogens with one attached hydrogen (secondary N) is 2. The smallest absolute Gasteiger partial charge is 0.232 e. The summed E-state index contributed by atoms with van der Waals surface area (Å²) in [5, 5.41) is 8.64. The van der Waals surface area contributed by atoms with E-state index in [1.165, 1.54) is 22.7 Å². The number of hydrogen-bond donors (Lipinski definition) is 2. The van der Waals surface area contributed by atoms with Crippen molar-refractivity contribution in [3.63, 3.8) is 0 Å². The Morgan fingerprint density at radius 1 is 1.08 bits per heavy atom. The van der Waals surface area contributed by atoms with Crippen LogP contribution in [-0.4, -0.2) is 21.8 Å². The van der Waals surface area contributed by atoms with Crippen LogP contribution in [0.1, 0.15) is 31.4 Å². The van der Waals surface area contributed by atoms with Crippen molar-refractivity contribution in [1.29, 1.82) is 0 Å². The molecule has 2 heterocycles. The van der Waals surface area contributed by atoms with Gasteiger partial charge >= 0.3 is 0 Å². The van der Waals surface area contributed by atoms with Gasteiger partial charge in [0.25, 0.3) is 0 Å². The Hall–Kier alpha value is -2.32. The van der Waals surface area contributed by atoms with E-state index in [-0.39, 0.29) is 24.2 Å². The summed E-state index contributed by atoms with van der Waals surface area (Å²) < 4.78 is 1.04. The third kappa shape index (κ3) is 3.91. The number of nitrogens with zero attached hydrogens (tertiary/aromatic N) is 2. The van der Waals surface area contributed by atoms with E-state index in [0.29, 0.717) is 16.0 Å². The molecule has 0 spiro atoms. The van der Waals surface area contributed by atoms with E-state index in [0.717, 1.165) is 35.9 Å². The highest BCUT2D eigenvalue weighted by atomic mass is 32.1. The van der Waals surface area contributed by atoms with Crippen molar-refractivity contribution in [2.75, 3.05) is 10.6 Å². The molecule has 26 heavy (non-hydrogen) atoms. The fourth-order valence-electron chi connectivity index (χ4n) is 3.09. The number of carbonyl (C=O) groups excluding carboxylic acids is 2. The summed E-state index contributed by atoms with van der Waals surface area (Å²) in [6.07, 6.45) is 4.30. The summed E-state index contributed by atoms with van der Waals surface area (Å²) in [7, 11) is 0. The number of rotatable bonds is 5. The van der Waals surface area contributed by atoms with Gasteiger partial charge in [-0.3, -0.25) is 9.59 Å². The highest BCUT2D eigenvalue weighted by molar-refractivity contribution is 7.22. The third-order valence-corrected chi connectivity index (χ3v) is 6.15. The monoisotopic (exact) mass is 386 g/mol. The molecular formula is C18H18N4O2S2. The van der Waals surface area contributed by atoms with Gasteiger partial charge in [0.2, 0.25) is 11.8 Å². The molecule has 6 nitrogen and oxygen atoms in total. The van der Waals surface area contributed by atoms with E-state index in [4.69, 9.17) is 0 Å². The Labute approximate surface area is 158 Å². The lowest BCUT2D eigenvalue weighted by molar-refractivity contribution is -0.119. The average Bonchev–Trinajstić information content (AvgIpc) is 3.34. The van der Waals surface area contributed by atoms with E-state index in [2.05, 4.69) is 20.6 Å². The Kier molecular flexibility index (Phi) is 4.94. The largest absolute Gasteiger partial charge is 0.302 e. The van der Waals surface area contributed by atoms with Gasteiger partial charge in [-0.05, 0) is 25.0 Å². The minimum Gasteiger partial charge on any atom is -0.302 e. The normalized spacial score (nSPS) is 14.6. The summed E-state index contributed by atoms with van der Waals surface area (Å²) >= 11 is 2.80. The topological polar surface area (TPSA) is 84.0 Å². The van der Waals surface area contributed by atoms with Gasteiger partial charge in [0.05, 0.1) is 22.3 Å². The molecule has 0 bridgehead atoms. The van der Waals surface area contributed by atoms with Crippen LogP contribution in [0.5, 0.6) is 0 Å². The molecule has 4 rings (SSSR count). The van der Waals surface area contributed by atoms with Crippen molar-refractivity contribution in [1.82, 2.24) is 9.97 Å². The molecule has 0 saturated heterocycles. The maximum absolute atomic E-state index is 12.2. The second kappa shape index (κ2) is 7.51. The lowest BCUT2D eigenvalue weighted by Gasteiger charge is -2.07. The summed E-state index contributed by atoms with van der Waals surface area (Å²) in [5.74, 6) is -0.0185. The number of amides is 2. The zero-order valence-electron chi connectivity index (χ0n) is 14.0. The minimum absolute atomic E-state index is 0.0438. The first-order valence-corrected chi connectivity index (χ1v) is 10.3. The molecule has 2 aromatic heterocycles. The van der Waals surface area contributed by atoms with Crippen LogP contribution in [-0.2, 0) is 16.0 Å². The van der Waals surface area contributed by atoms with Crippen LogP contribution in [0, 0.1) is 5.92 Å². The zero-order chi connectivity index (χ0) is 17.9. The van der Waals surface area contributed by atoms with Crippen molar-refractivity contribution >= 4 is 55.0 Å². The first-order chi connectivity index (χ1) is 12.7. The van der Waals surface area contributed by atoms with Gasteiger partial charge in [0, 0.05) is 11.3 Å². The van der Waals surface area contributed by atoms with Crippen LogP contribution >= 0.6 is 22.7 Å². The fourth-order valence-corrected chi connectivity index (χ4v) is 4.69. The lowest BCUT2D eigenvalue weighted by atomic mass is 10.1. The van der Waals surface area contributed by atoms with Gasteiger partial charge in [0.1, 0.15) is 0 Å². The average molecular weight is 387 g/mol. The third-order valence-electron chi connectivity index (χ3n) is 4.39. The summed E-state index contributed by atoms with van der Waals surface area (Å²) in [6.45, 7) is 0. The molecule has 0 aliphatic heterocycles. The molecule has 2 amide bonds. The predicted molar refractivity (Wildman–Crippen MR) is 105 cm³/mol. The quantitative estimate of drug-likeness (QED) is 0.692. The molecule has 0 atom stereocenters. The number of anilines is 2. The van der Waals surface area contributed by atoms with Crippen LogP contribution in [0.3, 0.4) is 0 Å². The molecular weight excluding hydrogens is 368 g/mol. The van der Waals surface area contributed by atoms with E-state index in [9.17, 15) is 9.59 Å². The second-order valence-electron chi connectivity index (χ2n) is 6.33. The van der Waals surface area contributed by atoms with Gasteiger partial charge < -0.3 is 10.6 Å². The molecule has 1 fully saturated rings. The Balaban J connectivity index is 1.34. The van der Waals surface area contributed by atoms with E-state index in [1.54, 1.807) is 0 Å². The van der Waals surface area contributed by atoms with Crippen LogP contribution in [0.25, 0.3) is 10.2 Å². The highest BCUT2D eigenvalue weighted by Crippen LogP contribution is 2.27. The standard InChI is InChI=1S/C18H18N4O2S2/c23-15(21-18-20-13-7-3-4-8-14(13)26-18)9-12-10-25-17(19-12)22-16(24)11-5-1-2-6-11/h3-4,7-8,10-11H,1-2,5-6,9H2,(H,19,22,24)(H,20,21,23). The first kappa shape index (κ1) is 17.1. The van der Waals surface area contributed by atoms with Crippen molar-refractivity contribution in [3.8, 4) is 0 Å². The van der Waals surface area contributed by atoms with Gasteiger partial charge in [0.15, 0.2) is 10.3 Å². The number of benzene rings is 1. The lowest BCUT2D eigenvalue weighted by Crippen LogP contribution is -2.20. The predicted octanol–water partition coefficient (Wildman–Crippen LogP) is 4.06. The van der Waals surface area contributed by atoms with Crippen LogP contribution in [0.2, 0.25) is 0 Å². The number of thiazole rings is 2. The maximum atomic E-state index is 12.2. The van der Waals surface area contributed by atoms with Crippen molar-refractivity contribution in [2.45, 2.75) is 32.1 Å². The highest BCUT2D eigenvalue weighted by Gasteiger charge is 2.23. The number of carbonyl (C=O) groups is 2. The number of para-hydroxylation sites is 1. The van der Waals surface area contributed by atoms with Gasteiger partial charge in [-0.25, -0.2) is 9.97 Å². The second-order valence-corrected chi connectivity index (χ2v) is 8.22. The minimum atomic E-state index is -0.164. The summed E-state index contributed by atoms with van der Waals surface area (Å²) in [4.78, 5) is 33.1.